The molecule has 1 aromatic carbocycles. The summed E-state index contributed by atoms with van der Waals surface area (Å²) in [6.07, 6.45) is 2.34. The summed E-state index contributed by atoms with van der Waals surface area (Å²) in [6, 6.07) is 9.66. The van der Waals surface area contributed by atoms with Crippen LogP contribution in [0.5, 0.6) is 0 Å². The van der Waals surface area contributed by atoms with Crippen LogP contribution in [0.2, 0.25) is 0 Å². The van der Waals surface area contributed by atoms with Crippen LogP contribution in [0.3, 0.4) is 0 Å². The van der Waals surface area contributed by atoms with Crippen molar-refractivity contribution in [3.05, 3.63) is 35.4 Å². The fourth-order valence-corrected chi connectivity index (χ4v) is 3.05. The molecule has 0 aromatic heterocycles. The van der Waals surface area contributed by atoms with Crippen LogP contribution in [-0.4, -0.2) is 29.1 Å². The van der Waals surface area contributed by atoms with E-state index in [2.05, 4.69) is 11.0 Å². The average molecular weight is 272 g/mol. The molecule has 1 unspecified atom stereocenters. The predicted molar refractivity (Wildman–Crippen MR) is 76.0 cm³/mol. The molecule has 0 saturated carbocycles. The van der Waals surface area contributed by atoms with Crippen molar-refractivity contribution in [3.63, 3.8) is 0 Å². The van der Waals surface area contributed by atoms with E-state index < -0.39 is 11.4 Å². The van der Waals surface area contributed by atoms with Crippen LogP contribution in [0.1, 0.15) is 37.3 Å². The van der Waals surface area contributed by atoms with Crippen molar-refractivity contribution in [1.82, 2.24) is 4.90 Å². The second-order valence-corrected chi connectivity index (χ2v) is 5.61. The van der Waals surface area contributed by atoms with Gasteiger partial charge in [-0.3, -0.25) is 9.69 Å². The van der Waals surface area contributed by atoms with Gasteiger partial charge in [0.1, 0.15) is 0 Å². The first-order valence-electron chi connectivity index (χ1n) is 7.04. The zero-order valence-corrected chi connectivity index (χ0v) is 11.8. The highest BCUT2D eigenvalue weighted by Gasteiger charge is 2.43. The first-order valence-corrected chi connectivity index (χ1v) is 7.04. The number of likely N-dealkylation sites (tertiary alicyclic amines) is 1. The molecule has 4 nitrogen and oxygen atoms in total. The molecular weight excluding hydrogens is 252 g/mol. The molecule has 1 fully saturated rings. The summed E-state index contributed by atoms with van der Waals surface area (Å²) in [6.45, 7) is 4.16. The second kappa shape index (κ2) is 6.06. The van der Waals surface area contributed by atoms with Crippen molar-refractivity contribution < 1.29 is 9.90 Å². The van der Waals surface area contributed by atoms with Gasteiger partial charge in [-0.25, -0.2) is 0 Å². The summed E-state index contributed by atoms with van der Waals surface area (Å²) >= 11 is 0. The molecule has 0 aliphatic carbocycles. The number of rotatable bonds is 5. The maximum atomic E-state index is 11.5. The number of hydrogen-bond donors (Lipinski definition) is 1. The number of aliphatic carboxylic acids is 1. The second-order valence-electron chi connectivity index (χ2n) is 5.61. The van der Waals surface area contributed by atoms with Crippen molar-refractivity contribution in [1.29, 1.82) is 5.26 Å². The predicted octanol–water partition coefficient (Wildman–Crippen LogP) is 2.64. The largest absolute Gasteiger partial charge is 0.481 e. The van der Waals surface area contributed by atoms with E-state index in [0.717, 1.165) is 24.9 Å². The molecule has 1 aliphatic heterocycles. The van der Waals surface area contributed by atoms with Gasteiger partial charge < -0.3 is 5.11 Å². The Labute approximate surface area is 119 Å². The van der Waals surface area contributed by atoms with Gasteiger partial charge in [0.2, 0.25) is 0 Å². The minimum Gasteiger partial charge on any atom is -0.481 e. The van der Waals surface area contributed by atoms with Gasteiger partial charge in [0.15, 0.2) is 0 Å². The summed E-state index contributed by atoms with van der Waals surface area (Å²) in [5.74, 6) is -0.673. The highest BCUT2D eigenvalue weighted by molar-refractivity contribution is 5.75. The van der Waals surface area contributed by atoms with Crippen LogP contribution in [0.15, 0.2) is 24.3 Å². The lowest BCUT2D eigenvalue weighted by atomic mass is 9.83. The summed E-state index contributed by atoms with van der Waals surface area (Å²) in [4.78, 5) is 13.7. The molecule has 2 rings (SSSR count). The molecule has 4 heteroatoms. The number of carboxylic acid groups (broad SMARTS) is 1. The van der Waals surface area contributed by atoms with Crippen LogP contribution in [0, 0.1) is 16.7 Å². The normalized spacial score (nSPS) is 22.6. The Hall–Kier alpha value is -1.86. The summed E-state index contributed by atoms with van der Waals surface area (Å²) in [5, 5.41) is 18.4. The van der Waals surface area contributed by atoms with Gasteiger partial charge in [0, 0.05) is 13.1 Å². The van der Waals surface area contributed by atoms with Crippen molar-refractivity contribution in [2.45, 2.75) is 32.7 Å². The molecule has 1 aliphatic rings. The highest BCUT2D eigenvalue weighted by Crippen LogP contribution is 2.36. The molecule has 1 saturated heterocycles. The molecule has 0 radical (unpaired) electrons. The third kappa shape index (κ3) is 3.00. The van der Waals surface area contributed by atoms with Crippen LogP contribution >= 0.6 is 0 Å². The number of nitriles is 1. The molecule has 106 valence electrons. The Morgan fingerprint density at radius 1 is 1.55 bits per heavy atom. The van der Waals surface area contributed by atoms with Crippen LogP contribution < -0.4 is 0 Å². The standard InChI is InChI=1S/C16H20N2O2/c1-2-6-16(15(19)20)7-8-18(12-16)11-14-5-3-4-13(9-14)10-17/h3-5,9H,2,6-8,11-12H2,1H3,(H,19,20). The number of nitrogens with zero attached hydrogens (tertiary/aromatic N) is 2. The van der Waals surface area contributed by atoms with Crippen molar-refractivity contribution in [2.75, 3.05) is 13.1 Å². The first kappa shape index (κ1) is 14.5. The Bertz CT molecular complexity index is 536. The monoisotopic (exact) mass is 272 g/mol. The Kier molecular flexibility index (Phi) is 4.41. The van der Waals surface area contributed by atoms with Gasteiger partial charge in [-0.2, -0.15) is 5.26 Å². The van der Waals surface area contributed by atoms with Crippen LogP contribution in [0.4, 0.5) is 0 Å². The van der Waals surface area contributed by atoms with E-state index in [-0.39, 0.29) is 0 Å². The third-order valence-electron chi connectivity index (χ3n) is 4.08. The number of hydrogen-bond acceptors (Lipinski definition) is 3. The van der Waals surface area contributed by atoms with Gasteiger partial charge in [-0.1, -0.05) is 25.5 Å². The topological polar surface area (TPSA) is 64.3 Å². The lowest BCUT2D eigenvalue weighted by molar-refractivity contribution is -0.148. The van der Waals surface area contributed by atoms with Crippen molar-refractivity contribution >= 4 is 5.97 Å². The summed E-state index contributed by atoms with van der Waals surface area (Å²) in [7, 11) is 0. The highest BCUT2D eigenvalue weighted by atomic mass is 16.4. The van der Waals surface area contributed by atoms with E-state index >= 15 is 0 Å². The third-order valence-corrected chi connectivity index (χ3v) is 4.08. The van der Waals surface area contributed by atoms with Gasteiger partial charge >= 0.3 is 5.97 Å². The van der Waals surface area contributed by atoms with Crippen LogP contribution in [-0.2, 0) is 11.3 Å². The quantitative estimate of drug-likeness (QED) is 0.895. The molecule has 0 amide bonds. The molecule has 1 heterocycles. The average Bonchev–Trinajstić information content (AvgIpc) is 2.84. The number of benzene rings is 1. The van der Waals surface area contributed by atoms with Crippen molar-refractivity contribution in [2.24, 2.45) is 5.41 Å². The Morgan fingerprint density at radius 3 is 3.00 bits per heavy atom. The lowest BCUT2D eigenvalue weighted by Crippen LogP contribution is -2.34. The maximum absolute atomic E-state index is 11.5. The van der Waals surface area contributed by atoms with Gasteiger partial charge in [0.25, 0.3) is 0 Å². The van der Waals surface area contributed by atoms with E-state index in [1.54, 1.807) is 6.07 Å². The van der Waals surface area contributed by atoms with E-state index in [4.69, 9.17) is 5.26 Å². The molecule has 0 spiro atoms. The minimum absolute atomic E-state index is 0.582. The van der Waals surface area contributed by atoms with E-state index in [0.29, 0.717) is 25.1 Å². The van der Waals surface area contributed by atoms with E-state index in [9.17, 15) is 9.90 Å². The fourth-order valence-electron chi connectivity index (χ4n) is 3.05. The van der Waals surface area contributed by atoms with E-state index in [1.807, 2.05) is 25.1 Å². The lowest BCUT2D eigenvalue weighted by Gasteiger charge is -2.24. The zero-order valence-electron chi connectivity index (χ0n) is 11.8. The molecular formula is C16H20N2O2. The van der Waals surface area contributed by atoms with Crippen LogP contribution in [0.25, 0.3) is 0 Å². The SMILES string of the molecule is CCCC1(C(=O)O)CCN(Cc2cccc(C#N)c2)C1. The molecule has 1 aromatic rings. The Morgan fingerprint density at radius 2 is 2.35 bits per heavy atom. The fraction of sp³-hybridized carbons (Fsp3) is 0.500. The summed E-state index contributed by atoms with van der Waals surface area (Å²) in [5.41, 5.74) is 1.14. The number of carbonyl (C=O) groups is 1. The number of carboxylic acids is 1. The van der Waals surface area contributed by atoms with E-state index in [1.165, 1.54) is 0 Å². The minimum atomic E-state index is -0.673. The molecule has 0 bridgehead atoms. The van der Waals surface area contributed by atoms with Gasteiger partial charge in [0.05, 0.1) is 17.0 Å². The van der Waals surface area contributed by atoms with Crippen molar-refractivity contribution in [3.8, 4) is 6.07 Å². The summed E-state index contributed by atoms with van der Waals surface area (Å²) < 4.78 is 0. The molecule has 1 atom stereocenters. The first-order chi connectivity index (χ1) is 9.59. The zero-order chi connectivity index (χ0) is 14.6. The molecule has 1 N–H and O–H groups in total. The molecule has 20 heavy (non-hydrogen) atoms. The maximum Gasteiger partial charge on any atom is 0.310 e. The van der Waals surface area contributed by atoms with Gasteiger partial charge in [-0.05, 0) is 37.1 Å². The Balaban J connectivity index is 2.05. The van der Waals surface area contributed by atoms with Gasteiger partial charge in [-0.15, -0.1) is 0 Å². The smallest absolute Gasteiger partial charge is 0.310 e.